The van der Waals surface area contributed by atoms with Crippen molar-refractivity contribution in [3.05, 3.63) is 87.1 Å². The molecule has 0 saturated carbocycles. The summed E-state index contributed by atoms with van der Waals surface area (Å²) < 4.78 is 4.43. The minimum atomic E-state index is -0.646. The van der Waals surface area contributed by atoms with Crippen LogP contribution in [0.25, 0.3) is 15.9 Å². The van der Waals surface area contributed by atoms with Gasteiger partial charge in [0.05, 0.1) is 15.9 Å². The first-order valence-electron chi connectivity index (χ1n) is 8.34. The monoisotopic (exact) mass is 376 g/mol. The van der Waals surface area contributed by atoms with Crippen molar-refractivity contribution in [2.24, 2.45) is 12.0 Å². The molecule has 0 atom stereocenters. The number of amides is 1. The van der Waals surface area contributed by atoms with E-state index in [1.54, 1.807) is 11.6 Å². The fraction of sp³-hybridized carbons (Fsp3) is 0.100. The molecule has 0 aliphatic heterocycles. The maximum atomic E-state index is 12.7. The summed E-state index contributed by atoms with van der Waals surface area (Å²) in [7, 11) is 1.84. The van der Waals surface area contributed by atoms with Crippen molar-refractivity contribution < 1.29 is 4.79 Å². The molecule has 4 rings (SSSR count). The van der Waals surface area contributed by atoms with Gasteiger partial charge in [0.15, 0.2) is 10.5 Å². The molecule has 0 radical (unpaired) electrons. The summed E-state index contributed by atoms with van der Waals surface area (Å²) in [5.74, 6) is -0.646. The highest BCUT2D eigenvalue weighted by Gasteiger charge is 2.15. The standard InChI is InChI=1S/C20H16N4O2S/c1-13-12-16(25)18(22-24(13)14-8-4-3-5-9-14)19(26)21-20-23(2)15-10-6-7-11-17(15)27-20/h3-12H,1-2H3. The molecular formula is C20H16N4O2S. The molecule has 0 aliphatic rings. The van der Waals surface area contributed by atoms with Crippen LogP contribution >= 0.6 is 11.3 Å². The van der Waals surface area contributed by atoms with Crippen LogP contribution in [0, 0.1) is 6.92 Å². The highest BCUT2D eigenvalue weighted by molar-refractivity contribution is 7.16. The summed E-state index contributed by atoms with van der Waals surface area (Å²) in [6.07, 6.45) is 0. The van der Waals surface area contributed by atoms with Crippen LogP contribution in [-0.2, 0) is 7.05 Å². The number of hydrogen-bond donors (Lipinski definition) is 0. The first kappa shape index (κ1) is 17.1. The van der Waals surface area contributed by atoms with Gasteiger partial charge in [-0.25, -0.2) is 4.68 Å². The first-order valence-corrected chi connectivity index (χ1v) is 9.16. The third kappa shape index (κ3) is 3.13. The molecule has 0 unspecified atom stereocenters. The summed E-state index contributed by atoms with van der Waals surface area (Å²) in [6.45, 7) is 1.78. The molecule has 2 aromatic carbocycles. The fourth-order valence-electron chi connectivity index (χ4n) is 2.85. The fourth-order valence-corrected chi connectivity index (χ4v) is 3.87. The second-order valence-electron chi connectivity index (χ2n) is 6.07. The highest BCUT2D eigenvalue weighted by atomic mass is 32.1. The number of hydrogen-bond acceptors (Lipinski definition) is 4. The molecule has 0 spiro atoms. The molecular weight excluding hydrogens is 360 g/mol. The van der Waals surface area contributed by atoms with E-state index in [1.165, 1.54) is 17.4 Å². The van der Waals surface area contributed by atoms with Crippen LogP contribution in [0.15, 0.2) is 70.5 Å². The van der Waals surface area contributed by atoms with Crippen molar-refractivity contribution in [1.29, 1.82) is 0 Å². The molecule has 0 aliphatic carbocycles. The minimum Gasteiger partial charge on any atom is -0.319 e. The van der Waals surface area contributed by atoms with Gasteiger partial charge >= 0.3 is 5.91 Å². The lowest BCUT2D eigenvalue weighted by atomic mass is 10.3. The number of carbonyl (C=O) groups is 1. The van der Waals surface area contributed by atoms with E-state index < -0.39 is 11.3 Å². The smallest absolute Gasteiger partial charge is 0.304 e. The summed E-state index contributed by atoms with van der Waals surface area (Å²) in [4.78, 5) is 29.7. The Morgan fingerprint density at radius 2 is 1.78 bits per heavy atom. The van der Waals surface area contributed by atoms with Crippen LogP contribution in [0.2, 0.25) is 0 Å². The van der Waals surface area contributed by atoms with E-state index in [-0.39, 0.29) is 5.69 Å². The maximum absolute atomic E-state index is 12.7. The Labute approximate surface area is 158 Å². The predicted octanol–water partition coefficient (Wildman–Crippen LogP) is 2.84. The number of aryl methyl sites for hydroxylation is 2. The summed E-state index contributed by atoms with van der Waals surface area (Å²) in [5.41, 5.74) is 1.78. The maximum Gasteiger partial charge on any atom is 0.304 e. The van der Waals surface area contributed by atoms with E-state index in [0.717, 1.165) is 15.9 Å². The van der Waals surface area contributed by atoms with Crippen molar-refractivity contribution in [2.45, 2.75) is 6.92 Å². The molecule has 2 aromatic heterocycles. The summed E-state index contributed by atoms with van der Waals surface area (Å²) in [5, 5.41) is 4.28. The zero-order valence-electron chi connectivity index (χ0n) is 14.8. The van der Waals surface area contributed by atoms with Gasteiger partial charge in [0.1, 0.15) is 0 Å². The molecule has 0 fully saturated rings. The van der Waals surface area contributed by atoms with Gasteiger partial charge in [0.25, 0.3) is 0 Å². The van der Waals surface area contributed by atoms with E-state index >= 15 is 0 Å². The normalized spacial score (nSPS) is 11.9. The van der Waals surface area contributed by atoms with Gasteiger partial charge in [0, 0.05) is 18.8 Å². The molecule has 1 amide bonds. The zero-order valence-corrected chi connectivity index (χ0v) is 15.6. The highest BCUT2D eigenvalue weighted by Crippen LogP contribution is 2.15. The van der Waals surface area contributed by atoms with Gasteiger partial charge < -0.3 is 4.57 Å². The topological polar surface area (TPSA) is 69.2 Å². The van der Waals surface area contributed by atoms with Gasteiger partial charge in [-0.3, -0.25) is 9.59 Å². The number of fused-ring (bicyclic) bond motifs is 1. The van der Waals surface area contributed by atoms with Crippen LogP contribution in [0.4, 0.5) is 0 Å². The molecule has 2 heterocycles. The largest absolute Gasteiger partial charge is 0.319 e. The average Bonchev–Trinajstić information content (AvgIpc) is 2.98. The molecule has 7 heteroatoms. The lowest BCUT2D eigenvalue weighted by Crippen LogP contribution is -2.24. The molecule has 0 bridgehead atoms. The predicted molar refractivity (Wildman–Crippen MR) is 105 cm³/mol. The van der Waals surface area contributed by atoms with Crippen molar-refractivity contribution in [1.82, 2.24) is 14.3 Å². The van der Waals surface area contributed by atoms with E-state index in [2.05, 4.69) is 10.1 Å². The lowest BCUT2D eigenvalue weighted by Gasteiger charge is -2.09. The number of thiazole rings is 1. The zero-order chi connectivity index (χ0) is 19.0. The van der Waals surface area contributed by atoms with Crippen LogP contribution < -0.4 is 10.2 Å². The Kier molecular flexibility index (Phi) is 4.29. The van der Waals surface area contributed by atoms with Crippen LogP contribution in [0.3, 0.4) is 0 Å². The van der Waals surface area contributed by atoms with E-state index in [9.17, 15) is 9.59 Å². The molecule has 0 saturated heterocycles. The third-order valence-electron chi connectivity index (χ3n) is 4.22. The van der Waals surface area contributed by atoms with Gasteiger partial charge in [0.2, 0.25) is 5.43 Å². The molecule has 6 nitrogen and oxygen atoms in total. The Hall–Kier alpha value is -3.32. The summed E-state index contributed by atoms with van der Waals surface area (Å²) >= 11 is 1.40. The second-order valence-corrected chi connectivity index (χ2v) is 7.08. The number of para-hydroxylation sites is 2. The molecule has 134 valence electrons. The van der Waals surface area contributed by atoms with Crippen molar-refractivity contribution in [3.8, 4) is 5.69 Å². The lowest BCUT2D eigenvalue weighted by molar-refractivity contribution is 0.0990. The van der Waals surface area contributed by atoms with Crippen molar-refractivity contribution in [3.63, 3.8) is 0 Å². The number of nitrogens with zero attached hydrogens (tertiary/aromatic N) is 4. The Balaban J connectivity index is 1.84. The Bertz CT molecular complexity index is 1280. The van der Waals surface area contributed by atoms with E-state index in [4.69, 9.17) is 0 Å². The van der Waals surface area contributed by atoms with Crippen molar-refractivity contribution in [2.75, 3.05) is 0 Å². The van der Waals surface area contributed by atoms with Crippen LogP contribution in [0.5, 0.6) is 0 Å². The Morgan fingerprint density at radius 1 is 1.07 bits per heavy atom. The summed E-state index contributed by atoms with van der Waals surface area (Å²) in [6, 6.07) is 18.6. The average molecular weight is 376 g/mol. The Morgan fingerprint density at radius 3 is 2.52 bits per heavy atom. The van der Waals surface area contributed by atoms with E-state index in [1.807, 2.05) is 66.2 Å². The molecule has 27 heavy (non-hydrogen) atoms. The number of carbonyl (C=O) groups excluding carboxylic acids is 1. The van der Waals surface area contributed by atoms with Crippen LogP contribution in [0.1, 0.15) is 16.2 Å². The van der Waals surface area contributed by atoms with Crippen LogP contribution in [-0.4, -0.2) is 20.3 Å². The van der Waals surface area contributed by atoms with E-state index in [0.29, 0.717) is 10.5 Å². The molecule has 4 aromatic rings. The van der Waals surface area contributed by atoms with Gasteiger partial charge in [-0.2, -0.15) is 10.1 Å². The van der Waals surface area contributed by atoms with Gasteiger partial charge in [-0.1, -0.05) is 41.7 Å². The van der Waals surface area contributed by atoms with Gasteiger partial charge in [-0.05, 0) is 31.2 Å². The first-order chi connectivity index (χ1) is 13.0. The number of benzene rings is 2. The minimum absolute atomic E-state index is 0.193. The molecule has 0 N–H and O–H groups in total. The van der Waals surface area contributed by atoms with Crippen molar-refractivity contribution >= 4 is 27.5 Å². The SMILES string of the molecule is Cc1cc(=O)c(C(=O)N=c2sc3ccccc3n2C)nn1-c1ccccc1. The van der Waals surface area contributed by atoms with Gasteiger partial charge in [-0.15, -0.1) is 0 Å². The third-order valence-corrected chi connectivity index (χ3v) is 5.34. The second kappa shape index (κ2) is 6.77. The number of aromatic nitrogens is 3. The number of rotatable bonds is 2. The quantitative estimate of drug-likeness (QED) is 0.540.